The number of hydrogen-bond donors (Lipinski definition) is 1. The highest BCUT2D eigenvalue weighted by Crippen LogP contribution is 2.48. The number of carbonyl (C=O) groups excluding carboxylic acids is 1. The first-order valence-corrected chi connectivity index (χ1v) is 16.3. The Kier molecular flexibility index (Phi) is 8.49. The molecule has 4 heterocycles. The first-order chi connectivity index (χ1) is 19.8. The number of nitrogens with one attached hydrogen (secondary N) is 1. The van der Waals surface area contributed by atoms with Gasteiger partial charge in [0.25, 0.3) is 5.91 Å². The van der Waals surface area contributed by atoms with E-state index in [4.69, 9.17) is 4.74 Å². The van der Waals surface area contributed by atoms with Crippen LogP contribution in [0.25, 0.3) is 0 Å². The van der Waals surface area contributed by atoms with Gasteiger partial charge in [0.15, 0.2) is 9.84 Å². The standard InChI is InChI=1S/C29H33F3N4O4S2/c1-4-42(38,39)23-7-5-20(6-8-23)15-33-26(37)24-14-21-13-18(2)40-28(25(21)41-24)9-11-36(12-10-28)19(3)22-16-34-27(35-17-22)29(30,31)32/h5-8,14,16-19H,4,9-13,15H2,1-3H3,(H,33,37)/t18-,19-/m1/s1. The zero-order valence-electron chi connectivity index (χ0n) is 23.6. The summed E-state index contributed by atoms with van der Waals surface area (Å²) < 4.78 is 69.3. The van der Waals surface area contributed by atoms with Gasteiger partial charge in [-0.15, -0.1) is 11.3 Å². The first kappa shape index (κ1) is 30.6. The van der Waals surface area contributed by atoms with Crippen molar-refractivity contribution in [2.45, 2.75) is 75.4 Å². The molecular weight excluding hydrogens is 589 g/mol. The molecular formula is C29H33F3N4O4S2. The molecule has 226 valence electrons. The number of hydrogen-bond acceptors (Lipinski definition) is 8. The van der Waals surface area contributed by atoms with Gasteiger partial charge >= 0.3 is 6.18 Å². The molecule has 2 atom stereocenters. The molecule has 2 aliphatic rings. The number of alkyl halides is 3. The monoisotopic (exact) mass is 622 g/mol. The second kappa shape index (κ2) is 11.7. The van der Waals surface area contributed by atoms with E-state index in [0.29, 0.717) is 42.8 Å². The number of sulfone groups is 1. The normalized spacial score (nSPS) is 19.8. The number of amides is 1. The van der Waals surface area contributed by atoms with E-state index in [1.807, 2.05) is 19.9 Å². The van der Waals surface area contributed by atoms with Crippen LogP contribution in [0.3, 0.4) is 0 Å². The van der Waals surface area contributed by atoms with Crippen molar-refractivity contribution in [3.63, 3.8) is 0 Å². The lowest BCUT2D eigenvalue weighted by Gasteiger charge is -2.47. The van der Waals surface area contributed by atoms with Crippen molar-refractivity contribution in [2.24, 2.45) is 0 Å². The van der Waals surface area contributed by atoms with Crippen LogP contribution in [0.15, 0.2) is 47.6 Å². The highest BCUT2D eigenvalue weighted by molar-refractivity contribution is 7.91. The molecule has 2 aliphatic heterocycles. The molecule has 1 fully saturated rings. The Morgan fingerprint density at radius 2 is 1.83 bits per heavy atom. The summed E-state index contributed by atoms with van der Waals surface area (Å²) in [5.74, 6) is -1.32. The van der Waals surface area contributed by atoms with Gasteiger partial charge in [-0.3, -0.25) is 9.69 Å². The molecule has 42 heavy (non-hydrogen) atoms. The second-order valence-corrected chi connectivity index (χ2v) is 14.2. The molecule has 1 saturated heterocycles. The van der Waals surface area contributed by atoms with E-state index in [9.17, 15) is 26.4 Å². The maximum Gasteiger partial charge on any atom is 0.451 e. The number of rotatable bonds is 7. The van der Waals surface area contributed by atoms with Gasteiger partial charge in [-0.2, -0.15) is 13.2 Å². The molecule has 5 rings (SSSR count). The summed E-state index contributed by atoms with van der Waals surface area (Å²) in [5, 5.41) is 2.94. The summed E-state index contributed by atoms with van der Waals surface area (Å²) in [4.78, 5) is 24.3. The third-order valence-electron chi connectivity index (χ3n) is 8.06. The molecule has 1 amide bonds. The topological polar surface area (TPSA) is 101 Å². The minimum atomic E-state index is -4.58. The molecule has 0 radical (unpaired) electrons. The molecule has 0 aliphatic carbocycles. The number of carbonyl (C=O) groups is 1. The fraction of sp³-hybridized carbons (Fsp3) is 0.483. The zero-order chi connectivity index (χ0) is 30.3. The van der Waals surface area contributed by atoms with Gasteiger partial charge in [0.05, 0.1) is 21.6 Å². The van der Waals surface area contributed by atoms with Crippen LogP contribution in [0.2, 0.25) is 0 Å². The van der Waals surface area contributed by atoms with Crippen molar-refractivity contribution < 1.29 is 31.1 Å². The van der Waals surface area contributed by atoms with Crippen molar-refractivity contribution >= 4 is 27.1 Å². The quantitative estimate of drug-likeness (QED) is 0.382. The van der Waals surface area contributed by atoms with Crippen LogP contribution in [0.5, 0.6) is 0 Å². The maximum atomic E-state index is 13.1. The van der Waals surface area contributed by atoms with Crippen LogP contribution in [-0.2, 0) is 39.3 Å². The summed E-state index contributed by atoms with van der Waals surface area (Å²) in [6, 6.07) is 8.32. The summed E-state index contributed by atoms with van der Waals surface area (Å²) in [6.07, 6.45) is -0.0321. The highest BCUT2D eigenvalue weighted by Gasteiger charge is 2.45. The number of ether oxygens (including phenoxy) is 1. The van der Waals surface area contributed by atoms with Crippen molar-refractivity contribution in [1.29, 1.82) is 0 Å². The molecule has 3 aromatic rings. The molecule has 13 heteroatoms. The number of piperidine rings is 1. The largest absolute Gasteiger partial charge is 0.451 e. The summed E-state index contributed by atoms with van der Waals surface area (Å²) in [6.45, 7) is 7.16. The Bertz CT molecular complexity index is 1530. The van der Waals surface area contributed by atoms with Crippen LogP contribution in [0.1, 0.15) is 76.7 Å². The van der Waals surface area contributed by atoms with Crippen molar-refractivity contribution in [3.8, 4) is 0 Å². The van der Waals surface area contributed by atoms with E-state index in [-0.39, 0.29) is 35.2 Å². The SMILES string of the molecule is CCS(=O)(=O)c1ccc(CNC(=O)c2cc3c(s2)C2(CCN([C@H](C)c4cnc(C(F)(F)F)nc4)CC2)O[C@H](C)C3)cc1. The highest BCUT2D eigenvalue weighted by atomic mass is 32.2. The van der Waals surface area contributed by atoms with Crippen LogP contribution < -0.4 is 5.32 Å². The van der Waals surface area contributed by atoms with E-state index in [1.165, 1.54) is 23.7 Å². The molecule has 1 N–H and O–H groups in total. The number of aromatic nitrogens is 2. The average Bonchev–Trinajstić information content (AvgIpc) is 3.41. The van der Waals surface area contributed by atoms with Gasteiger partial charge in [-0.05, 0) is 62.4 Å². The molecule has 1 spiro atoms. The van der Waals surface area contributed by atoms with Crippen LogP contribution in [-0.4, -0.2) is 54.1 Å². The average molecular weight is 623 g/mol. The molecule has 2 aromatic heterocycles. The number of fused-ring (bicyclic) bond motifs is 2. The van der Waals surface area contributed by atoms with Crippen LogP contribution >= 0.6 is 11.3 Å². The first-order valence-electron chi connectivity index (χ1n) is 13.9. The Balaban J connectivity index is 1.25. The molecule has 1 aromatic carbocycles. The van der Waals surface area contributed by atoms with E-state index >= 15 is 0 Å². The zero-order valence-corrected chi connectivity index (χ0v) is 25.2. The molecule has 0 unspecified atom stereocenters. The number of thiophene rings is 1. The summed E-state index contributed by atoms with van der Waals surface area (Å²) >= 11 is 1.44. The van der Waals surface area contributed by atoms with Crippen LogP contribution in [0, 0.1) is 0 Å². The number of benzene rings is 1. The number of likely N-dealkylation sites (tertiary alicyclic amines) is 1. The predicted molar refractivity (Wildman–Crippen MR) is 152 cm³/mol. The third-order valence-corrected chi connectivity index (χ3v) is 11.2. The third kappa shape index (κ3) is 6.24. The Labute approximate surface area is 247 Å². The molecule has 0 bridgehead atoms. The van der Waals surface area contributed by atoms with Gasteiger partial charge in [0, 0.05) is 48.5 Å². The van der Waals surface area contributed by atoms with Crippen LogP contribution in [0.4, 0.5) is 13.2 Å². The lowest BCUT2D eigenvalue weighted by molar-refractivity contribution is -0.145. The van der Waals surface area contributed by atoms with Gasteiger partial charge in [-0.25, -0.2) is 18.4 Å². The lowest BCUT2D eigenvalue weighted by Crippen LogP contribution is -2.48. The van der Waals surface area contributed by atoms with Crippen molar-refractivity contribution in [2.75, 3.05) is 18.8 Å². The lowest BCUT2D eigenvalue weighted by atomic mass is 9.83. The van der Waals surface area contributed by atoms with Crippen molar-refractivity contribution in [3.05, 3.63) is 75.0 Å². The predicted octanol–water partition coefficient (Wildman–Crippen LogP) is 5.29. The smallest absolute Gasteiger partial charge is 0.366 e. The maximum absolute atomic E-state index is 13.1. The van der Waals surface area contributed by atoms with Gasteiger partial charge in [-0.1, -0.05) is 19.1 Å². The van der Waals surface area contributed by atoms with Gasteiger partial charge in [0.2, 0.25) is 5.82 Å². The second-order valence-electron chi connectivity index (χ2n) is 10.9. The van der Waals surface area contributed by atoms with E-state index in [2.05, 4.69) is 20.2 Å². The summed E-state index contributed by atoms with van der Waals surface area (Å²) in [7, 11) is -3.28. The number of halogens is 3. The van der Waals surface area contributed by atoms with Crippen molar-refractivity contribution in [1.82, 2.24) is 20.2 Å². The Morgan fingerprint density at radius 3 is 2.43 bits per heavy atom. The van der Waals surface area contributed by atoms with E-state index in [1.54, 1.807) is 31.2 Å². The molecule has 8 nitrogen and oxygen atoms in total. The Morgan fingerprint density at radius 1 is 1.19 bits per heavy atom. The fourth-order valence-electron chi connectivity index (χ4n) is 5.65. The van der Waals surface area contributed by atoms with E-state index in [0.717, 1.165) is 16.0 Å². The van der Waals surface area contributed by atoms with Gasteiger partial charge < -0.3 is 10.1 Å². The fourth-order valence-corrected chi connectivity index (χ4v) is 7.83. The minimum Gasteiger partial charge on any atom is -0.366 e. The molecule has 0 saturated carbocycles. The summed E-state index contributed by atoms with van der Waals surface area (Å²) in [5.41, 5.74) is 2.00. The van der Waals surface area contributed by atoms with Gasteiger partial charge in [0.1, 0.15) is 5.60 Å². The van der Waals surface area contributed by atoms with E-state index < -0.39 is 27.4 Å². The number of nitrogens with zero attached hydrogens (tertiary/aromatic N) is 3. The Hall–Kier alpha value is -2.87. The minimum absolute atomic E-state index is 0.0202.